The highest BCUT2D eigenvalue weighted by molar-refractivity contribution is 8.26. The fraction of sp³-hybridized carbons (Fsp3) is 0.526. The molecule has 1 atom stereocenters. The molecule has 0 spiro atoms. The molecule has 4 N–H and O–H groups in total. The summed E-state index contributed by atoms with van der Waals surface area (Å²) < 4.78 is 30.8. The van der Waals surface area contributed by atoms with E-state index in [2.05, 4.69) is 39.8 Å². The third kappa shape index (κ3) is 4.63. The van der Waals surface area contributed by atoms with Crippen LogP contribution in [0, 0.1) is 10.8 Å². The standard InChI is InChI=1S/C19H25F2N7S2/c1-11-9-27(6-5-24-11)13-7-12(30-26-19(2)3-4-19)10-28-14(13)8-25-18(28)17(23)29-16(22)15(20)21/h7-8,10-11,15,22-24,26H,3-6,9H2,1-2H3. The van der Waals surface area contributed by atoms with Gasteiger partial charge in [0.2, 0.25) is 0 Å². The average molecular weight is 454 g/mol. The molecule has 2 aromatic rings. The zero-order valence-electron chi connectivity index (χ0n) is 16.8. The Balaban J connectivity index is 1.70. The van der Waals surface area contributed by atoms with Crippen LogP contribution >= 0.6 is 23.7 Å². The van der Waals surface area contributed by atoms with Gasteiger partial charge in [-0.3, -0.25) is 19.9 Å². The number of fused-ring (bicyclic) bond motifs is 1. The van der Waals surface area contributed by atoms with Gasteiger partial charge in [-0.25, -0.2) is 13.8 Å². The van der Waals surface area contributed by atoms with Crippen molar-refractivity contribution in [3.63, 3.8) is 0 Å². The predicted molar refractivity (Wildman–Crippen MR) is 120 cm³/mol. The number of pyridine rings is 1. The monoisotopic (exact) mass is 453 g/mol. The summed E-state index contributed by atoms with van der Waals surface area (Å²) >= 11 is 1.99. The zero-order chi connectivity index (χ0) is 21.5. The minimum absolute atomic E-state index is 0.149. The van der Waals surface area contributed by atoms with Gasteiger partial charge < -0.3 is 10.2 Å². The Labute approximate surface area is 182 Å². The van der Waals surface area contributed by atoms with Crippen LogP contribution in [0.5, 0.6) is 0 Å². The second-order valence-corrected chi connectivity index (χ2v) is 9.99. The number of anilines is 1. The average Bonchev–Trinajstić information content (AvgIpc) is 3.29. The van der Waals surface area contributed by atoms with E-state index in [1.165, 1.54) is 0 Å². The van der Waals surface area contributed by atoms with Crippen molar-refractivity contribution < 1.29 is 8.78 Å². The van der Waals surface area contributed by atoms with Crippen molar-refractivity contribution in [2.45, 2.75) is 49.6 Å². The van der Waals surface area contributed by atoms with E-state index in [4.69, 9.17) is 10.8 Å². The molecule has 1 saturated heterocycles. The third-order valence-corrected chi connectivity index (χ3v) is 7.17. The Kier molecular flexibility index (Phi) is 6.06. The Morgan fingerprint density at radius 1 is 1.40 bits per heavy atom. The summed E-state index contributed by atoms with van der Waals surface area (Å²) in [6.07, 6.45) is 2.95. The van der Waals surface area contributed by atoms with Gasteiger partial charge in [0.05, 0.1) is 17.4 Å². The SMILES string of the molecule is CC1CN(c2cc(SNC3(C)CC3)cn3c(C(=N)SC(=N)C(F)F)ncc23)CCN1. The van der Waals surface area contributed by atoms with Gasteiger partial charge in [0.15, 0.2) is 5.82 Å². The van der Waals surface area contributed by atoms with E-state index in [-0.39, 0.29) is 16.4 Å². The van der Waals surface area contributed by atoms with Crippen LogP contribution in [0.25, 0.3) is 5.52 Å². The molecule has 2 aliphatic rings. The molecule has 0 radical (unpaired) electrons. The number of thioether (sulfide) groups is 1. The van der Waals surface area contributed by atoms with Crippen molar-refractivity contribution >= 4 is 45.0 Å². The first-order chi connectivity index (χ1) is 14.3. The fourth-order valence-corrected chi connectivity index (χ4v) is 4.80. The molecule has 1 saturated carbocycles. The van der Waals surface area contributed by atoms with Crippen molar-refractivity contribution in [1.29, 1.82) is 10.8 Å². The van der Waals surface area contributed by atoms with Crippen LogP contribution in [0.4, 0.5) is 14.5 Å². The number of piperazine rings is 1. The zero-order valence-corrected chi connectivity index (χ0v) is 18.5. The van der Waals surface area contributed by atoms with E-state index in [1.807, 2.05) is 6.20 Å². The Morgan fingerprint density at radius 2 is 2.17 bits per heavy atom. The quantitative estimate of drug-likeness (QED) is 0.304. The predicted octanol–water partition coefficient (Wildman–Crippen LogP) is 3.58. The second-order valence-electron chi connectivity index (χ2n) is 8.06. The normalized spacial score (nSPS) is 20.7. The molecule has 30 heavy (non-hydrogen) atoms. The van der Waals surface area contributed by atoms with Gasteiger partial charge in [0, 0.05) is 42.3 Å². The van der Waals surface area contributed by atoms with Crippen molar-refractivity contribution in [3.05, 3.63) is 24.3 Å². The number of imidazole rings is 1. The number of halogens is 2. The number of aromatic nitrogens is 2. The highest BCUT2D eigenvalue weighted by Crippen LogP contribution is 2.38. The Morgan fingerprint density at radius 3 is 2.83 bits per heavy atom. The number of rotatable bonds is 6. The van der Waals surface area contributed by atoms with Crippen LogP contribution in [-0.4, -0.2) is 57.1 Å². The largest absolute Gasteiger partial charge is 0.367 e. The summed E-state index contributed by atoms with van der Waals surface area (Å²) in [6.45, 7) is 6.89. The van der Waals surface area contributed by atoms with Crippen LogP contribution < -0.4 is 14.9 Å². The minimum Gasteiger partial charge on any atom is -0.367 e. The lowest BCUT2D eigenvalue weighted by Gasteiger charge is -2.34. The fourth-order valence-electron chi connectivity index (χ4n) is 3.35. The van der Waals surface area contributed by atoms with Gasteiger partial charge in [-0.15, -0.1) is 0 Å². The topological polar surface area (TPSA) is 92.3 Å². The minimum atomic E-state index is -2.89. The van der Waals surface area contributed by atoms with Crippen molar-refractivity contribution in [2.24, 2.45) is 0 Å². The first kappa shape index (κ1) is 21.5. The highest BCUT2D eigenvalue weighted by atomic mass is 32.2. The lowest BCUT2D eigenvalue weighted by molar-refractivity contribution is 0.228. The molecule has 0 bridgehead atoms. The molecule has 2 aromatic heterocycles. The van der Waals surface area contributed by atoms with E-state index < -0.39 is 11.5 Å². The summed E-state index contributed by atoms with van der Waals surface area (Å²) in [5, 5.41) is 18.1. The smallest absolute Gasteiger partial charge is 0.285 e. The summed E-state index contributed by atoms with van der Waals surface area (Å²) in [5.41, 5.74) is 1.99. The van der Waals surface area contributed by atoms with Crippen molar-refractivity contribution in [3.8, 4) is 0 Å². The molecule has 11 heteroatoms. The maximum Gasteiger partial charge on any atom is 0.285 e. The molecule has 1 unspecified atom stereocenters. The molecule has 1 aliphatic heterocycles. The summed E-state index contributed by atoms with van der Waals surface area (Å²) in [6, 6.07) is 2.47. The first-order valence-electron chi connectivity index (χ1n) is 9.82. The van der Waals surface area contributed by atoms with Crippen LogP contribution in [0.15, 0.2) is 23.4 Å². The molecule has 0 amide bonds. The molecular weight excluding hydrogens is 428 g/mol. The van der Waals surface area contributed by atoms with E-state index in [0.29, 0.717) is 17.8 Å². The van der Waals surface area contributed by atoms with Crippen LogP contribution in [0.1, 0.15) is 32.5 Å². The lowest BCUT2D eigenvalue weighted by atomic mass is 10.2. The number of nitrogens with one attached hydrogen (secondary N) is 4. The molecule has 2 fully saturated rings. The maximum atomic E-state index is 12.8. The Bertz CT molecular complexity index is 973. The van der Waals surface area contributed by atoms with Gasteiger partial charge in [-0.05, 0) is 56.5 Å². The summed E-state index contributed by atoms with van der Waals surface area (Å²) in [7, 11) is 0. The first-order valence-corrected chi connectivity index (χ1v) is 11.5. The highest BCUT2D eigenvalue weighted by Gasteiger charge is 2.37. The van der Waals surface area contributed by atoms with Gasteiger partial charge in [0.1, 0.15) is 10.1 Å². The number of alkyl halides is 2. The van der Waals surface area contributed by atoms with Crippen LogP contribution in [0.3, 0.4) is 0 Å². The van der Waals surface area contributed by atoms with E-state index in [1.54, 1.807) is 22.5 Å². The lowest BCUT2D eigenvalue weighted by Crippen LogP contribution is -2.49. The summed E-state index contributed by atoms with van der Waals surface area (Å²) in [4.78, 5) is 7.61. The van der Waals surface area contributed by atoms with Gasteiger partial charge >= 0.3 is 0 Å². The van der Waals surface area contributed by atoms with Crippen LogP contribution in [0.2, 0.25) is 0 Å². The molecule has 0 aromatic carbocycles. The molecule has 162 valence electrons. The number of hydrogen-bond donors (Lipinski definition) is 4. The third-order valence-electron chi connectivity index (χ3n) is 5.33. The van der Waals surface area contributed by atoms with Gasteiger partial charge in [0.25, 0.3) is 6.43 Å². The van der Waals surface area contributed by atoms with E-state index >= 15 is 0 Å². The van der Waals surface area contributed by atoms with Crippen molar-refractivity contribution in [1.82, 2.24) is 19.4 Å². The van der Waals surface area contributed by atoms with Crippen molar-refractivity contribution in [2.75, 3.05) is 24.5 Å². The molecule has 7 nitrogen and oxygen atoms in total. The van der Waals surface area contributed by atoms with Crippen LogP contribution in [-0.2, 0) is 0 Å². The molecule has 4 rings (SSSR count). The van der Waals surface area contributed by atoms with Gasteiger partial charge in [-0.2, -0.15) is 0 Å². The van der Waals surface area contributed by atoms with E-state index in [9.17, 15) is 8.78 Å². The summed E-state index contributed by atoms with van der Waals surface area (Å²) in [5.74, 6) is 0.268. The number of hydrogen-bond acceptors (Lipinski definition) is 8. The second kappa shape index (κ2) is 8.45. The number of nitrogens with zero attached hydrogens (tertiary/aromatic N) is 3. The molecular formula is C19H25F2N7S2. The molecule has 3 heterocycles. The molecule has 1 aliphatic carbocycles. The van der Waals surface area contributed by atoms with Gasteiger partial charge in [-0.1, -0.05) is 0 Å². The maximum absolute atomic E-state index is 12.8. The Hall–Kier alpha value is -1.69. The van der Waals surface area contributed by atoms with E-state index in [0.717, 1.165) is 48.6 Å².